The van der Waals surface area contributed by atoms with Crippen molar-refractivity contribution in [2.24, 2.45) is 5.92 Å². The molecule has 0 unspecified atom stereocenters. The van der Waals surface area contributed by atoms with Gasteiger partial charge in [-0.2, -0.15) is 0 Å². The second-order valence-electron chi connectivity index (χ2n) is 5.96. The maximum absolute atomic E-state index is 6.08. The first-order valence-electron chi connectivity index (χ1n) is 7.91. The maximum Gasteiger partial charge on any atom is 0.124 e. The van der Waals surface area contributed by atoms with Crippen molar-refractivity contribution in [3.8, 4) is 5.75 Å². The van der Waals surface area contributed by atoms with Crippen molar-refractivity contribution in [3.05, 3.63) is 24.0 Å². The van der Waals surface area contributed by atoms with Gasteiger partial charge in [0.1, 0.15) is 11.6 Å². The Balaban J connectivity index is 1.84. The average molecular weight is 307 g/mol. The highest BCUT2D eigenvalue weighted by Gasteiger charge is 2.16. The van der Waals surface area contributed by atoms with Gasteiger partial charge in [-0.05, 0) is 24.5 Å². The fraction of sp³-hybridized carbons (Fsp3) is 0.588. The summed E-state index contributed by atoms with van der Waals surface area (Å²) >= 11 is 6.08. The third-order valence-electron chi connectivity index (χ3n) is 4.64. The Kier molecular flexibility index (Phi) is 4.69. The number of aryl methyl sites for hydroxylation is 1. The van der Waals surface area contributed by atoms with Gasteiger partial charge in [0.05, 0.1) is 24.0 Å². The smallest absolute Gasteiger partial charge is 0.124 e. The Bertz CT molecular complexity index is 602. The van der Waals surface area contributed by atoms with E-state index in [1.54, 1.807) is 7.11 Å². The van der Waals surface area contributed by atoms with Gasteiger partial charge in [-0.25, -0.2) is 4.98 Å². The van der Waals surface area contributed by atoms with Gasteiger partial charge in [-0.1, -0.05) is 32.1 Å². The third kappa shape index (κ3) is 3.18. The van der Waals surface area contributed by atoms with Crippen molar-refractivity contribution in [3.63, 3.8) is 0 Å². The topological polar surface area (TPSA) is 27.1 Å². The summed E-state index contributed by atoms with van der Waals surface area (Å²) < 4.78 is 7.62. The fourth-order valence-corrected chi connectivity index (χ4v) is 3.62. The second kappa shape index (κ2) is 6.69. The Hall–Kier alpha value is -1.22. The molecule has 114 valence electrons. The molecule has 1 heterocycles. The van der Waals surface area contributed by atoms with Crippen molar-refractivity contribution in [2.75, 3.05) is 7.11 Å². The van der Waals surface area contributed by atoms with Crippen LogP contribution >= 0.6 is 11.6 Å². The van der Waals surface area contributed by atoms with Crippen LogP contribution in [-0.2, 0) is 12.4 Å². The third-order valence-corrected chi connectivity index (χ3v) is 4.88. The second-order valence-corrected chi connectivity index (χ2v) is 6.23. The van der Waals surface area contributed by atoms with Crippen molar-refractivity contribution in [1.82, 2.24) is 9.55 Å². The number of nitrogens with zero attached hydrogens (tertiary/aromatic N) is 2. The van der Waals surface area contributed by atoms with Gasteiger partial charge in [0, 0.05) is 12.6 Å². The van der Waals surface area contributed by atoms with E-state index in [-0.39, 0.29) is 0 Å². The number of aromatic nitrogens is 2. The molecular weight excluding hydrogens is 284 g/mol. The van der Waals surface area contributed by atoms with Crippen molar-refractivity contribution in [2.45, 2.75) is 50.9 Å². The first-order valence-corrected chi connectivity index (χ1v) is 8.44. The van der Waals surface area contributed by atoms with E-state index in [4.69, 9.17) is 16.3 Å². The number of alkyl halides is 1. The van der Waals surface area contributed by atoms with Crippen LogP contribution < -0.4 is 4.74 Å². The van der Waals surface area contributed by atoms with Crippen LogP contribution in [0.5, 0.6) is 5.75 Å². The number of halogens is 1. The Labute approximate surface area is 131 Å². The molecular formula is C17H23ClN2O. The Morgan fingerprint density at radius 3 is 2.81 bits per heavy atom. The molecule has 1 aromatic carbocycles. The van der Waals surface area contributed by atoms with Crippen LogP contribution in [0.25, 0.3) is 11.0 Å². The molecule has 0 aliphatic heterocycles. The van der Waals surface area contributed by atoms with Gasteiger partial charge < -0.3 is 9.30 Å². The molecule has 4 heteroatoms. The predicted octanol–water partition coefficient (Wildman–Crippen LogP) is 4.75. The van der Waals surface area contributed by atoms with Crippen LogP contribution in [-0.4, -0.2) is 16.7 Å². The number of imidazole rings is 1. The Morgan fingerprint density at radius 1 is 1.29 bits per heavy atom. The quantitative estimate of drug-likeness (QED) is 0.745. The molecule has 2 aromatic rings. The first kappa shape index (κ1) is 14.7. The van der Waals surface area contributed by atoms with Gasteiger partial charge in [-0.3, -0.25) is 0 Å². The lowest BCUT2D eigenvalue weighted by Crippen LogP contribution is -2.11. The highest BCUT2D eigenvalue weighted by Crippen LogP contribution is 2.29. The summed E-state index contributed by atoms with van der Waals surface area (Å²) in [5.41, 5.74) is 2.15. The maximum atomic E-state index is 6.08. The summed E-state index contributed by atoms with van der Waals surface area (Å²) in [6, 6.07) is 6.04. The van der Waals surface area contributed by atoms with Gasteiger partial charge in [0.25, 0.3) is 0 Å². The molecule has 1 aromatic heterocycles. The summed E-state index contributed by atoms with van der Waals surface area (Å²) in [7, 11) is 1.70. The van der Waals surface area contributed by atoms with Crippen LogP contribution in [0.2, 0.25) is 0 Å². The molecule has 0 saturated heterocycles. The minimum Gasteiger partial charge on any atom is -0.497 e. The van der Waals surface area contributed by atoms with E-state index in [0.29, 0.717) is 5.88 Å². The lowest BCUT2D eigenvalue weighted by molar-refractivity contribution is 0.324. The molecule has 0 atom stereocenters. The molecule has 0 spiro atoms. The minimum atomic E-state index is 0.460. The monoisotopic (exact) mass is 306 g/mol. The normalized spacial score (nSPS) is 16.5. The van der Waals surface area contributed by atoms with E-state index in [1.807, 2.05) is 12.1 Å². The van der Waals surface area contributed by atoms with Crippen molar-refractivity contribution in [1.29, 1.82) is 0 Å². The molecule has 3 rings (SSSR count). The van der Waals surface area contributed by atoms with Gasteiger partial charge in [-0.15, -0.1) is 11.6 Å². The predicted molar refractivity (Wildman–Crippen MR) is 87.0 cm³/mol. The van der Waals surface area contributed by atoms with E-state index in [2.05, 4.69) is 15.6 Å². The fourth-order valence-electron chi connectivity index (χ4n) is 3.42. The zero-order chi connectivity index (χ0) is 14.7. The summed E-state index contributed by atoms with van der Waals surface area (Å²) in [4.78, 5) is 4.65. The number of hydrogen-bond acceptors (Lipinski definition) is 2. The van der Waals surface area contributed by atoms with E-state index >= 15 is 0 Å². The van der Waals surface area contributed by atoms with E-state index < -0.39 is 0 Å². The highest BCUT2D eigenvalue weighted by atomic mass is 35.5. The minimum absolute atomic E-state index is 0.460. The lowest BCUT2D eigenvalue weighted by atomic mass is 9.87. The van der Waals surface area contributed by atoms with Gasteiger partial charge in [0.2, 0.25) is 0 Å². The number of methoxy groups -OCH3 is 1. The summed E-state index contributed by atoms with van der Waals surface area (Å²) in [5.74, 6) is 3.17. The molecule has 0 N–H and O–H groups in total. The van der Waals surface area contributed by atoms with E-state index in [0.717, 1.165) is 35.1 Å². The number of rotatable bonds is 5. The van der Waals surface area contributed by atoms with Crippen LogP contribution in [0.15, 0.2) is 18.2 Å². The van der Waals surface area contributed by atoms with E-state index in [1.165, 1.54) is 38.5 Å². The molecule has 1 aliphatic rings. The van der Waals surface area contributed by atoms with Crippen molar-refractivity contribution >= 4 is 22.6 Å². The zero-order valence-corrected chi connectivity index (χ0v) is 13.4. The van der Waals surface area contributed by atoms with Gasteiger partial charge >= 0.3 is 0 Å². The SMILES string of the molecule is COc1ccc2nc(CCl)n(CCC3CCCCC3)c2c1. The van der Waals surface area contributed by atoms with Crippen LogP contribution in [0.3, 0.4) is 0 Å². The molecule has 1 fully saturated rings. The molecule has 1 aliphatic carbocycles. The number of ether oxygens (including phenoxy) is 1. The zero-order valence-electron chi connectivity index (χ0n) is 12.6. The summed E-state index contributed by atoms with van der Waals surface area (Å²) in [5, 5.41) is 0. The Morgan fingerprint density at radius 2 is 2.10 bits per heavy atom. The summed E-state index contributed by atoms with van der Waals surface area (Å²) in [6.07, 6.45) is 8.19. The van der Waals surface area contributed by atoms with Crippen LogP contribution in [0, 0.1) is 5.92 Å². The molecule has 3 nitrogen and oxygen atoms in total. The van der Waals surface area contributed by atoms with E-state index in [9.17, 15) is 0 Å². The number of fused-ring (bicyclic) bond motifs is 1. The number of benzene rings is 1. The highest BCUT2D eigenvalue weighted by molar-refractivity contribution is 6.16. The average Bonchev–Trinajstić information content (AvgIpc) is 2.90. The molecule has 0 bridgehead atoms. The van der Waals surface area contributed by atoms with Crippen LogP contribution in [0.4, 0.5) is 0 Å². The van der Waals surface area contributed by atoms with Gasteiger partial charge in [0.15, 0.2) is 0 Å². The largest absolute Gasteiger partial charge is 0.497 e. The molecule has 0 radical (unpaired) electrons. The molecule has 1 saturated carbocycles. The molecule has 21 heavy (non-hydrogen) atoms. The molecule has 0 amide bonds. The van der Waals surface area contributed by atoms with Crippen LogP contribution in [0.1, 0.15) is 44.3 Å². The summed E-state index contributed by atoms with van der Waals surface area (Å²) in [6.45, 7) is 1.01. The standard InChI is InChI=1S/C17H23ClN2O/c1-21-14-7-8-15-16(11-14)20(17(12-18)19-15)10-9-13-5-3-2-4-6-13/h7-8,11,13H,2-6,9-10,12H2,1H3. The first-order chi connectivity index (χ1) is 10.3. The van der Waals surface area contributed by atoms with Crippen molar-refractivity contribution < 1.29 is 4.74 Å². The number of hydrogen-bond donors (Lipinski definition) is 0. The lowest BCUT2D eigenvalue weighted by Gasteiger charge is -2.22.